The minimum atomic E-state index is 0.529. The van der Waals surface area contributed by atoms with Crippen molar-refractivity contribution in [1.82, 2.24) is 4.98 Å². The Morgan fingerprint density at radius 2 is 2.36 bits per heavy atom. The van der Waals surface area contributed by atoms with Crippen molar-refractivity contribution in [2.24, 2.45) is 0 Å². The van der Waals surface area contributed by atoms with Crippen LogP contribution in [0.15, 0.2) is 18.3 Å². The van der Waals surface area contributed by atoms with Gasteiger partial charge in [0, 0.05) is 24.3 Å². The molecule has 0 bridgehead atoms. The number of nitrogens with zero attached hydrogens (tertiary/aromatic N) is 1. The third-order valence-electron chi connectivity index (χ3n) is 2.02. The quantitative estimate of drug-likeness (QED) is 0.747. The van der Waals surface area contributed by atoms with E-state index >= 15 is 0 Å². The molecule has 1 aromatic rings. The molecular weight excluding hydrogens is 194 g/mol. The normalized spacial score (nSPS) is 12.8. The lowest BCUT2D eigenvalue weighted by molar-refractivity contribution is 0.203. The molecule has 0 aromatic carbocycles. The highest BCUT2D eigenvalue weighted by Gasteiger charge is 2.04. The Bertz CT molecular complexity index is 278. The van der Waals surface area contributed by atoms with Gasteiger partial charge in [0.25, 0.3) is 0 Å². The molecule has 0 aliphatic heterocycles. The monoisotopic (exact) mass is 211 g/mol. The molecule has 78 valence electrons. The van der Waals surface area contributed by atoms with Crippen LogP contribution in [-0.2, 0) is 10.5 Å². The van der Waals surface area contributed by atoms with E-state index in [1.54, 1.807) is 7.11 Å². The van der Waals surface area contributed by atoms with Gasteiger partial charge in [-0.1, -0.05) is 13.0 Å². The number of pyridine rings is 1. The summed E-state index contributed by atoms with van der Waals surface area (Å²) >= 11 is 1.88. The largest absolute Gasteiger partial charge is 0.384 e. The van der Waals surface area contributed by atoms with E-state index in [0.29, 0.717) is 5.25 Å². The number of methoxy groups -OCH3 is 1. The predicted molar refractivity (Wildman–Crippen MR) is 61.6 cm³/mol. The lowest BCUT2D eigenvalue weighted by atomic mass is 10.2. The maximum atomic E-state index is 5.08. The first-order chi connectivity index (χ1) is 6.74. The fourth-order valence-corrected chi connectivity index (χ4v) is 2.15. The van der Waals surface area contributed by atoms with Gasteiger partial charge < -0.3 is 4.74 Å². The molecule has 0 radical (unpaired) electrons. The van der Waals surface area contributed by atoms with E-state index in [2.05, 4.69) is 24.9 Å². The molecule has 0 spiro atoms. The second-order valence-corrected chi connectivity index (χ2v) is 4.77. The zero-order chi connectivity index (χ0) is 10.4. The molecule has 2 nitrogen and oxygen atoms in total. The van der Waals surface area contributed by atoms with Crippen LogP contribution < -0.4 is 0 Å². The van der Waals surface area contributed by atoms with Crippen molar-refractivity contribution >= 4 is 11.8 Å². The summed E-state index contributed by atoms with van der Waals surface area (Å²) in [7, 11) is 1.74. The van der Waals surface area contributed by atoms with Gasteiger partial charge in [0.15, 0.2) is 0 Å². The second-order valence-electron chi connectivity index (χ2n) is 3.34. The lowest BCUT2D eigenvalue weighted by Gasteiger charge is -2.10. The van der Waals surface area contributed by atoms with Crippen molar-refractivity contribution in [3.8, 4) is 0 Å². The van der Waals surface area contributed by atoms with Crippen molar-refractivity contribution < 1.29 is 4.74 Å². The summed E-state index contributed by atoms with van der Waals surface area (Å²) in [6.45, 7) is 5.08. The molecule has 14 heavy (non-hydrogen) atoms. The molecule has 3 heteroatoms. The van der Waals surface area contributed by atoms with Crippen LogP contribution in [0.25, 0.3) is 0 Å². The topological polar surface area (TPSA) is 22.1 Å². The van der Waals surface area contributed by atoms with Gasteiger partial charge in [-0.05, 0) is 18.6 Å². The van der Waals surface area contributed by atoms with E-state index in [0.717, 1.165) is 12.4 Å². The molecule has 0 fully saturated rings. The van der Waals surface area contributed by atoms with Crippen molar-refractivity contribution in [3.63, 3.8) is 0 Å². The second kappa shape index (κ2) is 6.04. The van der Waals surface area contributed by atoms with Gasteiger partial charge in [-0.25, -0.2) is 0 Å². The first-order valence-corrected chi connectivity index (χ1v) is 5.80. The minimum Gasteiger partial charge on any atom is -0.384 e. The van der Waals surface area contributed by atoms with Crippen LogP contribution in [0.3, 0.4) is 0 Å². The van der Waals surface area contributed by atoms with Crippen LogP contribution in [0.5, 0.6) is 0 Å². The molecule has 0 aliphatic carbocycles. The molecular formula is C11H17NOS. The van der Waals surface area contributed by atoms with Crippen LogP contribution in [0, 0.1) is 6.92 Å². The zero-order valence-electron chi connectivity index (χ0n) is 8.99. The van der Waals surface area contributed by atoms with Gasteiger partial charge in [-0.2, -0.15) is 11.8 Å². The summed E-state index contributed by atoms with van der Waals surface area (Å²) < 4.78 is 5.08. The number of aromatic nitrogens is 1. The number of ether oxygens (including phenoxy) is 1. The Labute approximate surface area is 90.1 Å². The molecule has 0 amide bonds. The Morgan fingerprint density at radius 1 is 1.57 bits per heavy atom. The lowest BCUT2D eigenvalue weighted by Crippen LogP contribution is -2.06. The SMILES string of the molecule is COCC(C)SCc1ncccc1C. The van der Waals surface area contributed by atoms with E-state index in [4.69, 9.17) is 4.74 Å². The Kier molecular flexibility index (Phi) is 4.98. The molecule has 1 aromatic heterocycles. The predicted octanol–water partition coefficient (Wildman–Crippen LogP) is 2.66. The Balaban J connectivity index is 2.41. The highest BCUT2D eigenvalue weighted by molar-refractivity contribution is 7.99. The highest BCUT2D eigenvalue weighted by atomic mass is 32.2. The third-order valence-corrected chi connectivity index (χ3v) is 3.17. The molecule has 0 aliphatic rings. The van der Waals surface area contributed by atoms with Gasteiger partial charge in [0.2, 0.25) is 0 Å². The number of hydrogen-bond donors (Lipinski definition) is 0. The Hall–Kier alpha value is -0.540. The summed E-state index contributed by atoms with van der Waals surface area (Å²) in [5.74, 6) is 0.969. The summed E-state index contributed by atoms with van der Waals surface area (Å²) in [4.78, 5) is 4.35. The van der Waals surface area contributed by atoms with Crippen molar-refractivity contribution in [3.05, 3.63) is 29.6 Å². The smallest absolute Gasteiger partial charge is 0.0578 e. The average molecular weight is 211 g/mol. The van der Waals surface area contributed by atoms with E-state index in [9.17, 15) is 0 Å². The molecule has 1 heterocycles. The standard InChI is InChI=1S/C11H17NOS/c1-9-5-4-6-12-11(9)8-14-10(2)7-13-3/h4-6,10H,7-8H2,1-3H3. The van der Waals surface area contributed by atoms with E-state index in [-0.39, 0.29) is 0 Å². The first kappa shape index (κ1) is 11.5. The molecule has 1 rings (SSSR count). The van der Waals surface area contributed by atoms with Crippen LogP contribution in [-0.4, -0.2) is 24.0 Å². The Morgan fingerprint density at radius 3 is 3.00 bits per heavy atom. The van der Waals surface area contributed by atoms with Gasteiger partial charge in [-0.3, -0.25) is 4.98 Å². The van der Waals surface area contributed by atoms with Crippen molar-refractivity contribution in [1.29, 1.82) is 0 Å². The van der Waals surface area contributed by atoms with Gasteiger partial charge >= 0.3 is 0 Å². The zero-order valence-corrected chi connectivity index (χ0v) is 9.80. The van der Waals surface area contributed by atoms with Crippen LogP contribution in [0.4, 0.5) is 0 Å². The van der Waals surface area contributed by atoms with Gasteiger partial charge in [0.1, 0.15) is 0 Å². The average Bonchev–Trinajstić information content (AvgIpc) is 2.17. The molecule has 0 saturated heterocycles. The molecule has 0 saturated carbocycles. The van der Waals surface area contributed by atoms with Crippen molar-refractivity contribution in [2.45, 2.75) is 24.9 Å². The highest BCUT2D eigenvalue weighted by Crippen LogP contribution is 2.18. The summed E-state index contributed by atoms with van der Waals surface area (Å²) in [6.07, 6.45) is 1.85. The summed E-state index contributed by atoms with van der Waals surface area (Å²) in [5, 5.41) is 0.529. The molecule has 0 N–H and O–H groups in total. The first-order valence-electron chi connectivity index (χ1n) is 4.75. The number of rotatable bonds is 5. The van der Waals surface area contributed by atoms with E-state index in [1.165, 1.54) is 11.3 Å². The fraction of sp³-hybridized carbons (Fsp3) is 0.545. The van der Waals surface area contributed by atoms with E-state index in [1.807, 2.05) is 24.0 Å². The number of thioether (sulfide) groups is 1. The maximum Gasteiger partial charge on any atom is 0.0578 e. The molecule has 1 atom stereocenters. The van der Waals surface area contributed by atoms with Crippen LogP contribution >= 0.6 is 11.8 Å². The third kappa shape index (κ3) is 3.68. The fourth-order valence-electron chi connectivity index (χ4n) is 1.17. The van der Waals surface area contributed by atoms with Crippen molar-refractivity contribution in [2.75, 3.05) is 13.7 Å². The number of aryl methyl sites for hydroxylation is 1. The van der Waals surface area contributed by atoms with Gasteiger partial charge in [0.05, 0.1) is 12.3 Å². The minimum absolute atomic E-state index is 0.529. The maximum absolute atomic E-state index is 5.08. The summed E-state index contributed by atoms with van der Waals surface area (Å²) in [6, 6.07) is 4.08. The number of hydrogen-bond acceptors (Lipinski definition) is 3. The summed E-state index contributed by atoms with van der Waals surface area (Å²) in [5.41, 5.74) is 2.45. The van der Waals surface area contributed by atoms with Crippen LogP contribution in [0.1, 0.15) is 18.2 Å². The van der Waals surface area contributed by atoms with Crippen LogP contribution in [0.2, 0.25) is 0 Å². The molecule has 1 unspecified atom stereocenters. The van der Waals surface area contributed by atoms with E-state index < -0.39 is 0 Å². The van der Waals surface area contributed by atoms with Gasteiger partial charge in [-0.15, -0.1) is 0 Å².